The zero-order valence-corrected chi connectivity index (χ0v) is 15.0. The van der Waals surface area contributed by atoms with E-state index in [1.807, 2.05) is 0 Å². The highest BCUT2D eigenvalue weighted by Crippen LogP contribution is 2.12. The molecule has 3 aromatic rings. The average Bonchev–Trinajstić information content (AvgIpc) is 3.22. The lowest BCUT2D eigenvalue weighted by Crippen LogP contribution is -2.22. The standard InChI is InChI=1S/C16H15ClN4O4S/c17-12-8-20-21(9-12)10-13-3-6-15(25-13)16(22)19-7-11-1-4-14(5-2-11)26(18,23)24/h1-6,8-9H,7,10H2,(H,19,22)(H2,18,23,24). The van der Waals surface area contributed by atoms with Gasteiger partial charge in [-0.25, -0.2) is 13.6 Å². The van der Waals surface area contributed by atoms with Gasteiger partial charge >= 0.3 is 0 Å². The topological polar surface area (TPSA) is 120 Å². The Morgan fingerprint density at radius 3 is 2.58 bits per heavy atom. The molecule has 0 bridgehead atoms. The fourth-order valence-electron chi connectivity index (χ4n) is 2.24. The van der Waals surface area contributed by atoms with E-state index in [1.165, 1.54) is 18.3 Å². The molecule has 2 aromatic heterocycles. The normalized spacial score (nSPS) is 11.5. The van der Waals surface area contributed by atoms with Crippen LogP contribution in [-0.2, 0) is 23.1 Å². The first kappa shape index (κ1) is 18.2. The maximum Gasteiger partial charge on any atom is 0.287 e. The maximum atomic E-state index is 12.1. The van der Waals surface area contributed by atoms with Gasteiger partial charge in [0.05, 0.1) is 22.7 Å². The number of nitrogens with one attached hydrogen (secondary N) is 1. The Hall–Kier alpha value is -2.62. The summed E-state index contributed by atoms with van der Waals surface area (Å²) >= 11 is 5.80. The summed E-state index contributed by atoms with van der Waals surface area (Å²) < 4.78 is 29.5. The summed E-state index contributed by atoms with van der Waals surface area (Å²) in [7, 11) is -3.73. The Morgan fingerprint density at radius 2 is 1.96 bits per heavy atom. The van der Waals surface area contributed by atoms with E-state index in [0.29, 0.717) is 17.3 Å². The number of halogens is 1. The number of amides is 1. The first-order valence-electron chi connectivity index (χ1n) is 7.48. The van der Waals surface area contributed by atoms with E-state index in [9.17, 15) is 13.2 Å². The minimum atomic E-state index is -3.73. The predicted molar refractivity (Wildman–Crippen MR) is 94.0 cm³/mol. The highest BCUT2D eigenvalue weighted by atomic mass is 35.5. The average molecular weight is 395 g/mol. The molecule has 3 rings (SSSR count). The first-order chi connectivity index (χ1) is 12.3. The number of hydrogen-bond acceptors (Lipinski definition) is 5. The van der Waals surface area contributed by atoms with Crippen molar-refractivity contribution in [3.63, 3.8) is 0 Å². The van der Waals surface area contributed by atoms with Crippen LogP contribution in [0.15, 0.2) is 58.1 Å². The van der Waals surface area contributed by atoms with Crippen molar-refractivity contribution in [2.24, 2.45) is 5.14 Å². The van der Waals surface area contributed by atoms with Crippen LogP contribution in [-0.4, -0.2) is 24.1 Å². The number of carbonyl (C=O) groups excluding carboxylic acids is 1. The number of nitrogens with zero attached hydrogens (tertiary/aromatic N) is 2. The van der Waals surface area contributed by atoms with Gasteiger partial charge in [0, 0.05) is 12.7 Å². The molecular weight excluding hydrogens is 380 g/mol. The van der Waals surface area contributed by atoms with Crippen molar-refractivity contribution >= 4 is 27.5 Å². The van der Waals surface area contributed by atoms with E-state index < -0.39 is 10.0 Å². The SMILES string of the molecule is NS(=O)(=O)c1ccc(CNC(=O)c2ccc(Cn3cc(Cl)cn3)o2)cc1. The molecule has 0 spiro atoms. The van der Waals surface area contributed by atoms with Crippen molar-refractivity contribution in [2.45, 2.75) is 18.0 Å². The second-order valence-corrected chi connectivity index (χ2v) is 7.49. The molecule has 0 fully saturated rings. The van der Waals surface area contributed by atoms with Gasteiger partial charge < -0.3 is 9.73 Å². The third kappa shape index (κ3) is 4.51. The Morgan fingerprint density at radius 1 is 1.23 bits per heavy atom. The first-order valence-corrected chi connectivity index (χ1v) is 9.40. The number of rotatable bonds is 6. The van der Waals surface area contributed by atoms with Crippen LogP contribution >= 0.6 is 11.6 Å². The Bertz CT molecular complexity index is 1020. The summed E-state index contributed by atoms with van der Waals surface area (Å²) in [4.78, 5) is 12.2. The largest absolute Gasteiger partial charge is 0.454 e. The molecule has 0 aliphatic heterocycles. The molecule has 26 heavy (non-hydrogen) atoms. The van der Waals surface area contributed by atoms with Gasteiger partial charge in [-0.15, -0.1) is 0 Å². The van der Waals surface area contributed by atoms with Crippen LogP contribution in [0.2, 0.25) is 5.02 Å². The molecule has 2 heterocycles. The number of benzene rings is 1. The molecule has 136 valence electrons. The van der Waals surface area contributed by atoms with Crippen molar-refractivity contribution in [1.82, 2.24) is 15.1 Å². The lowest BCUT2D eigenvalue weighted by Gasteiger charge is -2.05. The van der Waals surface area contributed by atoms with Crippen molar-refractivity contribution in [1.29, 1.82) is 0 Å². The van der Waals surface area contributed by atoms with Gasteiger partial charge in [0.15, 0.2) is 5.76 Å². The number of aromatic nitrogens is 2. The van der Waals surface area contributed by atoms with Crippen LogP contribution in [0, 0.1) is 0 Å². The predicted octanol–water partition coefficient (Wildman–Crippen LogP) is 1.76. The molecule has 0 atom stereocenters. The molecule has 1 amide bonds. The minimum Gasteiger partial charge on any atom is -0.454 e. The molecule has 0 aliphatic rings. The monoisotopic (exact) mass is 394 g/mol. The van der Waals surface area contributed by atoms with E-state index in [-0.39, 0.29) is 23.1 Å². The van der Waals surface area contributed by atoms with Gasteiger partial charge in [0.1, 0.15) is 5.76 Å². The zero-order chi connectivity index (χ0) is 18.7. The summed E-state index contributed by atoms with van der Waals surface area (Å²) in [6.07, 6.45) is 3.16. The number of carbonyl (C=O) groups is 1. The Balaban J connectivity index is 1.58. The summed E-state index contributed by atoms with van der Waals surface area (Å²) in [6.45, 7) is 0.573. The fraction of sp³-hybridized carbons (Fsp3) is 0.125. The Kier molecular flexibility index (Phi) is 5.12. The van der Waals surface area contributed by atoms with E-state index in [4.69, 9.17) is 21.2 Å². The van der Waals surface area contributed by atoms with Crippen molar-refractivity contribution in [2.75, 3.05) is 0 Å². The van der Waals surface area contributed by atoms with Crippen LogP contribution < -0.4 is 10.5 Å². The van der Waals surface area contributed by atoms with Crippen LogP contribution in [0.3, 0.4) is 0 Å². The van der Waals surface area contributed by atoms with Crippen molar-refractivity contribution < 1.29 is 17.6 Å². The zero-order valence-electron chi connectivity index (χ0n) is 13.4. The molecule has 1 aromatic carbocycles. The van der Waals surface area contributed by atoms with Crippen LogP contribution in [0.1, 0.15) is 21.9 Å². The molecule has 10 heteroatoms. The molecule has 8 nitrogen and oxygen atoms in total. The summed E-state index contributed by atoms with van der Waals surface area (Å²) in [6, 6.07) is 9.18. The van der Waals surface area contributed by atoms with Crippen LogP contribution in [0.4, 0.5) is 0 Å². The third-order valence-corrected chi connectivity index (χ3v) is 4.63. The molecule has 0 saturated carbocycles. The maximum absolute atomic E-state index is 12.1. The van der Waals surface area contributed by atoms with Crippen molar-refractivity contribution in [3.8, 4) is 0 Å². The number of nitrogens with two attached hydrogens (primary N) is 1. The fourth-order valence-corrected chi connectivity index (χ4v) is 2.91. The van der Waals surface area contributed by atoms with E-state index in [1.54, 1.807) is 35.1 Å². The molecule has 0 unspecified atom stereocenters. The van der Waals surface area contributed by atoms with E-state index in [2.05, 4.69) is 10.4 Å². The second-order valence-electron chi connectivity index (χ2n) is 5.49. The quantitative estimate of drug-likeness (QED) is 0.659. The smallest absolute Gasteiger partial charge is 0.287 e. The van der Waals surface area contributed by atoms with Gasteiger partial charge in [0.2, 0.25) is 10.0 Å². The lowest BCUT2D eigenvalue weighted by atomic mass is 10.2. The molecular formula is C16H15ClN4O4S. The van der Waals surface area contributed by atoms with Crippen LogP contribution in [0.5, 0.6) is 0 Å². The van der Waals surface area contributed by atoms with Gasteiger partial charge in [-0.3, -0.25) is 9.48 Å². The van der Waals surface area contributed by atoms with Gasteiger partial charge in [0.25, 0.3) is 5.91 Å². The van der Waals surface area contributed by atoms with Crippen molar-refractivity contribution in [3.05, 3.63) is 70.9 Å². The Labute approximate surface area is 154 Å². The number of sulfonamides is 1. The van der Waals surface area contributed by atoms with Gasteiger partial charge in [-0.2, -0.15) is 5.10 Å². The number of furan rings is 1. The minimum absolute atomic E-state index is 0.0157. The summed E-state index contributed by atoms with van der Waals surface area (Å²) in [5.74, 6) is 0.345. The lowest BCUT2D eigenvalue weighted by molar-refractivity contribution is 0.0921. The summed E-state index contributed by atoms with van der Waals surface area (Å²) in [5, 5.41) is 12.3. The highest BCUT2D eigenvalue weighted by molar-refractivity contribution is 7.89. The van der Waals surface area contributed by atoms with E-state index >= 15 is 0 Å². The molecule has 3 N–H and O–H groups in total. The highest BCUT2D eigenvalue weighted by Gasteiger charge is 2.12. The van der Waals surface area contributed by atoms with Crippen LogP contribution in [0.25, 0.3) is 0 Å². The second kappa shape index (κ2) is 7.32. The van der Waals surface area contributed by atoms with Gasteiger partial charge in [-0.1, -0.05) is 23.7 Å². The molecule has 0 radical (unpaired) electrons. The molecule has 0 saturated heterocycles. The third-order valence-electron chi connectivity index (χ3n) is 3.51. The molecule has 0 aliphatic carbocycles. The number of primary sulfonamides is 1. The summed E-state index contributed by atoms with van der Waals surface area (Å²) in [5.41, 5.74) is 0.726. The number of hydrogen-bond donors (Lipinski definition) is 2. The van der Waals surface area contributed by atoms with Gasteiger partial charge in [-0.05, 0) is 29.8 Å². The van der Waals surface area contributed by atoms with E-state index in [0.717, 1.165) is 5.56 Å².